The van der Waals surface area contributed by atoms with E-state index in [0.29, 0.717) is 18.7 Å². The van der Waals surface area contributed by atoms with Crippen molar-refractivity contribution in [3.63, 3.8) is 0 Å². The molecule has 3 aromatic rings. The Morgan fingerprint density at radius 1 is 1.26 bits per heavy atom. The lowest BCUT2D eigenvalue weighted by Crippen LogP contribution is -2.12. The van der Waals surface area contributed by atoms with Crippen molar-refractivity contribution >= 4 is 22.4 Å². The minimum Gasteiger partial charge on any atom is -0.408 e. The third-order valence-electron chi connectivity index (χ3n) is 3.57. The van der Waals surface area contributed by atoms with Gasteiger partial charge in [-0.2, -0.15) is 0 Å². The minimum atomic E-state index is -0.339. The number of oxazole rings is 1. The number of nitrogens with one attached hydrogen (secondary N) is 1. The summed E-state index contributed by atoms with van der Waals surface area (Å²) in [6, 6.07) is 5.79. The first-order valence-corrected chi connectivity index (χ1v) is 8.28. The molecule has 6 nitrogen and oxygen atoms in total. The fourth-order valence-corrected chi connectivity index (χ4v) is 3.10. The zero-order valence-electron chi connectivity index (χ0n) is 13.7. The van der Waals surface area contributed by atoms with E-state index in [4.69, 9.17) is 4.42 Å². The second-order valence-corrected chi connectivity index (χ2v) is 7.65. The summed E-state index contributed by atoms with van der Waals surface area (Å²) in [5.41, 5.74) is 2.51. The number of aromatic nitrogens is 3. The summed E-state index contributed by atoms with van der Waals surface area (Å²) in [6.07, 6.45) is 0. The number of hydrogen-bond donors (Lipinski definition) is 1. The Morgan fingerprint density at radius 3 is 2.74 bits per heavy atom. The van der Waals surface area contributed by atoms with E-state index in [1.807, 2.05) is 18.2 Å². The first-order chi connectivity index (χ1) is 10.8. The highest BCUT2D eigenvalue weighted by molar-refractivity contribution is 7.11. The standard InChI is InChI=1S/C16H20N4O2S/c1-16(2,3)14-19-18-13(23-14)9-17-8-10-5-6-11-12(7-10)22-15(21)20(11)4/h5-7,17H,8-9H2,1-4H3. The molecule has 0 spiro atoms. The monoisotopic (exact) mass is 332 g/mol. The van der Waals surface area contributed by atoms with Crippen LogP contribution in [0, 0.1) is 0 Å². The first kappa shape index (κ1) is 15.9. The molecule has 3 rings (SSSR count). The van der Waals surface area contributed by atoms with E-state index < -0.39 is 0 Å². The lowest BCUT2D eigenvalue weighted by molar-refractivity contribution is 0.527. The predicted molar refractivity (Wildman–Crippen MR) is 90.6 cm³/mol. The van der Waals surface area contributed by atoms with Gasteiger partial charge in [0.05, 0.1) is 5.52 Å². The van der Waals surface area contributed by atoms with Crippen molar-refractivity contribution in [3.8, 4) is 0 Å². The number of benzene rings is 1. The molecular weight excluding hydrogens is 312 g/mol. The van der Waals surface area contributed by atoms with Gasteiger partial charge < -0.3 is 9.73 Å². The van der Waals surface area contributed by atoms with Gasteiger partial charge in [0.1, 0.15) is 10.0 Å². The SMILES string of the molecule is Cn1c(=O)oc2cc(CNCc3nnc(C(C)(C)C)s3)ccc21. The Balaban J connectivity index is 1.64. The molecule has 0 aliphatic carbocycles. The molecule has 0 atom stereocenters. The van der Waals surface area contributed by atoms with Crippen LogP contribution in [0.3, 0.4) is 0 Å². The number of rotatable bonds is 4. The lowest BCUT2D eigenvalue weighted by atomic mass is 9.98. The summed E-state index contributed by atoms with van der Waals surface area (Å²) in [5.74, 6) is -0.339. The number of hydrogen-bond acceptors (Lipinski definition) is 6. The van der Waals surface area contributed by atoms with Crippen LogP contribution in [0.2, 0.25) is 0 Å². The van der Waals surface area contributed by atoms with Crippen LogP contribution in [0.4, 0.5) is 0 Å². The van der Waals surface area contributed by atoms with Crippen LogP contribution in [0.1, 0.15) is 36.3 Å². The summed E-state index contributed by atoms with van der Waals surface area (Å²) in [4.78, 5) is 11.5. The number of aryl methyl sites for hydroxylation is 1. The van der Waals surface area contributed by atoms with E-state index in [9.17, 15) is 4.79 Å². The molecule has 0 amide bonds. The van der Waals surface area contributed by atoms with Crippen LogP contribution in [-0.4, -0.2) is 14.8 Å². The fraction of sp³-hybridized carbons (Fsp3) is 0.438. The zero-order valence-corrected chi connectivity index (χ0v) is 14.5. The van der Waals surface area contributed by atoms with Crippen molar-refractivity contribution in [2.45, 2.75) is 39.3 Å². The van der Waals surface area contributed by atoms with Crippen molar-refractivity contribution in [2.75, 3.05) is 0 Å². The maximum absolute atomic E-state index is 11.5. The average Bonchev–Trinajstić information content (AvgIpc) is 3.05. The van der Waals surface area contributed by atoms with E-state index in [1.54, 1.807) is 18.4 Å². The summed E-state index contributed by atoms with van der Waals surface area (Å²) in [6.45, 7) is 7.75. The minimum absolute atomic E-state index is 0.0335. The normalized spacial score (nSPS) is 12.2. The number of fused-ring (bicyclic) bond motifs is 1. The Labute approximate surface area is 138 Å². The van der Waals surface area contributed by atoms with Gasteiger partial charge in [-0.3, -0.25) is 4.57 Å². The summed E-state index contributed by atoms with van der Waals surface area (Å²) < 4.78 is 6.71. The molecule has 0 fully saturated rings. The molecule has 1 aromatic carbocycles. The molecule has 0 aliphatic heterocycles. The zero-order chi connectivity index (χ0) is 16.6. The third-order valence-corrected chi connectivity index (χ3v) is 4.92. The number of nitrogens with zero attached hydrogens (tertiary/aromatic N) is 3. The van der Waals surface area contributed by atoms with Crippen LogP contribution in [0.5, 0.6) is 0 Å². The highest BCUT2D eigenvalue weighted by Crippen LogP contribution is 2.25. The van der Waals surface area contributed by atoms with Gasteiger partial charge in [-0.25, -0.2) is 4.79 Å². The molecule has 0 radical (unpaired) electrons. The smallest absolute Gasteiger partial charge is 0.408 e. The fourth-order valence-electron chi connectivity index (χ4n) is 2.23. The lowest BCUT2D eigenvalue weighted by Gasteiger charge is -2.12. The van der Waals surface area contributed by atoms with Crippen LogP contribution >= 0.6 is 11.3 Å². The van der Waals surface area contributed by atoms with Crippen LogP contribution in [0.15, 0.2) is 27.4 Å². The maximum Gasteiger partial charge on any atom is 0.419 e. The molecule has 0 bridgehead atoms. The molecule has 122 valence electrons. The van der Waals surface area contributed by atoms with Gasteiger partial charge >= 0.3 is 5.76 Å². The Morgan fingerprint density at radius 2 is 2.04 bits per heavy atom. The molecular formula is C16H20N4O2S. The van der Waals surface area contributed by atoms with Gasteiger partial charge in [-0.05, 0) is 17.7 Å². The largest absolute Gasteiger partial charge is 0.419 e. The molecule has 0 unspecified atom stereocenters. The van der Waals surface area contributed by atoms with Crippen molar-refractivity contribution in [1.29, 1.82) is 0 Å². The second-order valence-electron chi connectivity index (χ2n) is 6.58. The molecule has 2 heterocycles. The first-order valence-electron chi connectivity index (χ1n) is 7.46. The van der Waals surface area contributed by atoms with E-state index in [2.05, 4.69) is 36.3 Å². The topological polar surface area (TPSA) is 73.0 Å². The average molecular weight is 332 g/mol. The van der Waals surface area contributed by atoms with Gasteiger partial charge in [0.15, 0.2) is 5.58 Å². The van der Waals surface area contributed by atoms with Gasteiger partial charge in [-0.1, -0.05) is 38.2 Å². The van der Waals surface area contributed by atoms with Gasteiger partial charge in [-0.15, -0.1) is 10.2 Å². The predicted octanol–water partition coefficient (Wildman–Crippen LogP) is 2.57. The van der Waals surface area contributed by atoms with Crippen LogP contribution in [-0.2, 0) is 25.6 Å². The summed E-state index contributed by atoms with van der Waals surface area (Å²) in [5, 5.41) is 13.8. The summed E-state index contributed by atoms with van der Waals surface area (Å²) in [7, 11) is 1.70. The van der Waals surface area contributed by atoms with Gasteiger partial charge in [0.25, 0.3) is 0 Å². The van der Waals surface area contributed by atoms with Crippen molar-refractivity contribution in [3.05, 3.63) is 44.3 Å². The van der Waals surface area contributed by atoms with Crippen molar-refractivity contribution in [2.24, 2.45) is 7.05 Å². The Bertz CT molecular complexity index is 885. The quantitative estimate of drug-likeness (QED) is 0.795. The third kappa shape index (κ3) is 3.35. The van der Waals surface area contributed by atoms with Crippen molar-refractivity contribution < 1.29 is 4.42 Å². The van der Waals surface area contributed by atoms with Crippen LogP contribution < -0.4 is 11.1 Å². The molecule has 7 heteroatoms. The molecule has 2 aromatic heterocycles. The van der Waals surface area contributed by atoms with E-state index >= 15 is 0 Å². The molecule has 0 saturated carbocycles. The molecule has 1 N–H and O–H groups in total. The van der Waals surface area contributed by atoms with E-state index in [1.165, 1.54) is 4.57 Å². The highest BCUT2D eigenvalue weighted by atomic mass is 32.1. The Hall–Kier alpha value is -1.99. The van der Waals surface area contributed by atoms with Crippen molar-refractivity contribution in [1.82, 2.24) is 20.1 Å². The van der Waals surface area contributed by atoms with E-state index in [0.717, 1.165) is 21.1 Å². The van der Waals surface area contributed by atoms with E-state index in [-0.39, 0.29) is 11.2 Å². The Kier molecular flexibility index (Phi) is 4.08. The van der Waals surface area contributed by atoms with Gasteiger partial charge in [0, 0.05) is 25.6 Å². The van der Waals surface area contributed by atoms with Gasteiger partial charge in [0.2, 0.25) is 0 Å². The molecule has 23 heavy (non-hydrogen) atoms. The molecule has 0 saturated heterocycles. The highest BCUT2D eigenvalue weighted by Gasteiger charge is 2.19. The summed E-state index contributed by atoms with van der Waals surface area (Å²) >= 11 is 1.63. The molecule has 0 aliphatic rings. The maximum atomic E-state index is 11.5. The second kappa shape index (κ2) is 5.90. The van der Waals surface area contributed by atoms with Crippen LogP contribution in [0.25, 0.3) is 11.1 Å².